The second-order valence-electron chi connectivity index (χ2n) is 5.84. The van der Waals surface area contributed by atoms with Crippen molar-refractivity contribution in [2.75, 3.05) is 6.61 Å². The molecule has 7 heteroatoms. The van der Waals surface area contributed by atoms with Crippen LogP contribution < -0.4 is 10.1 Å². The van der Waals surface area contributed by atoms with Gasteiger partial charge in [0, 0.05) is 31.1 Å². The van der Waals surface area contributed by atoms with Crippen LogP contribution >= 0.6 is 11.6 Å². The van der Waals surface area contributed by atoms with Gasteiger partial charge < -0.3 is 10.1 Å². The van der Waals surface area contributed by atoms with Crippen LogP contribution in [0.1, 0.15) is 47.4 Å². The summed E-state index contributed by atoms with van der Waals surface area (Å²) in [5, 5.41) is 7.38. The van der Waals surface area contributed by atoms with Crippen LogP contribution in [0.3, 0.4) is 0 Å². The van der Waals surface area contributed by atoms with E-state index in [2.05, 4.69) is 10.4 Å². The third-order valence-electron chi connectivity index (χ3n) is 3.97. The van der Waals surface area contributed by atoms with Crippen LogP contribution in [0.15, 0.2) is 18.2 Å². The molecule has 1 heterocycles. The first-order chi connectivity index (χ1) is 11.5. The van der Waals surface area contributed by atoms with Crippen molar-refractivity contribution in [3.63, 3.8) is 0 Å². The van der Waals surface area contributed by atoms with Gasteiger partial charge in [0.15, 0.2) is 0 Å². The lowest BCUT2D eigenvalue weighted by Gasteiger charge is -2.10. The molecule has 1 N–H and O–H groups in total. The highest BCUT2D eigenvalue weighted by atomic mass is 35.5. The normalized spacial score (nSPS) is 13.8. The topological polar surface area (TPSA) is 56.1 Å². The maximum Gasteiger partial charge on any atom is 0.269 e. The second-order valence-corrected chi connectivity index (χ2v) is 6.25. The molecular formula is C17H19ClFN3O2. The van der Waals surface area contributed by atoms with Crippen molar-refractivity contribution in [3.05, 3.63) is 46.0 Å². The van der Waals surface area contributed by atoms with Crippen LogP contribution in [0.25, 0.3) is 0 Å². The summed E-state index contributed by atoms with van der Waals surface area (Å²) in [6.45, 7) is 2.24. The first kappa shape index (κ1) is 16.8. The quantitative estimate of drug-likeness (QED) is 0.867. The molecule has 0 spiro atoms. The highest BCUT2D eigenvalue weighted by Gasteiger charge is 2.28. The number of hydrogen-bond acceptors (Lipinski definition) is 3. The standard InChI is InChI=1S/C17H19ClFN3O2/c1-3-24-16-7-13(19)11(6-12(16)18)9-20-17(23)15-8-14(10-4-5-10)21-22(15)2/h6-8,10H,3-5,9H2,1-2H3,(H,20,23). The Morgan fingerprint density at radius 3 is 2.88 bits per heavy atom. The van der Waals surface area contributed by atoms with E-state index >= 15 is 0 Å². The molecule has 1 fully saturated rings. The molecule has 0 bridgehead atoms. The smallest absolute Gasteiger partial charge is 0.269 e. The van der Waals surface area contributed by atoms with Crippen LogP contribution in [-0.2, 0) is 13.6 Å². The van der Waals surface area contributed by atoms with Crippen molar-refractivity contribution >= 4 is 17.5 Å². The molecule has 0 aliphatic heterocycles. The highest BCUT2D eigenvalue weighted by Crippen LogP contribution is 2.39. The first-order valence-corrected chi connectivity index (χ1v) is 8.30. The zero-order valence-corrected chi connectivity index (χ0v) is 14.4. The molecule has 128 valence electrons. The van der Waals surface area contributed by atoms with Crippen LogP contribution in [-0.4, -0.2) is 22.3 Å². The molecule has 0 unspecified atom stereocenters. The summed E-state index contributed by atoms with van der Waals surface area (Å²) in [7, 11) is 1.73. The fourth-order valence-corrected chi connectivity index (χ4v) is 2.76. The molecule has 3 rings (SSSR count). The van der Waals surface area contributed by atoms with Crippen molar-refractivity contribution in [2.45, 2.75) is 32.2 Å². The first-order valence-electron chi connectivity index (χ1n) is 7.92. The molecule has 0 atom stereocenters. The van der Waals surface area contributed by atoms with E-state index in [1.165, 1.54) is 12.1 Å². The average molecular weight is 352 g/mol. The monoisotopic (exact) mass is 351 g/mol. The van der Waals surface area contributed by atoms with E-state index in [1.54, 1.807) is 24.7 Å². The minimum Gasteiger partial charge on any atom is -0.492 e. The third kappa shape index (κ3) is 3.53. The Bertz CT molecular complexity index is 771. The van der Waals surface area contributed by atoms with Crippen LogP contribution in [0.5, 0.6) is 5.75 Å². The number of halogens is 2. The molecule has 5 nitrogen and oxygen atoms in total. The molecule has 1 saturated carbocycles. The van der Waals surface area contributed by atoms with Gasteiger partial charge in [0.05, 0.1) is 17.3 Å². The minimum atomic E-state index is -0.466. The summed E-state index contributed by atoms with van der Waals surface area (Å²) >= 11 is 6.06. The number of nitrogens with one attached hydrogen (secondary N) is 1. The number of hydrogen-bond donors (Lipinski definition) is 1. The molecule has 2 aromatic rings. The average Bonchev–Trinajstić information content (AvgIpc) is 3.32. The number of carbonyl (C=O) groups excluding carboxylic acids is 1. The maximum absolute atomic E-state index is 14.1. The van der Waals surface area contributed by atoms with Crippen molar-refractivity contribution in [1.29, 1.82) is 0 Å². The summed E-state index contributed by atoms with van der Waals surface area (Å²) in [5.41, 5.74) is 1.72. The van der Waals surface area contributed by atoms with Gasteiger partial charge in [0.1, 0.15) is 17.3 Å². The lowest BCUT2D eigenvalue weighted by Crippen LogP contribution is -2.25. The molecule has 0 saturated heterocycles. The van der Waals surface area contributed by atoms with Crippen LogP contribution in [0.4, 0.5) is 4.39 Å². The zero-order chi connectivity index (χ0) is 17.3. The summed E-state index contributed by atoms with van der Waals surface area (Å²) in [6, 6.07) is 4.51. The Hall–Kier alpha value is -2.08. The maximum atomic E-state index is 14.1. The Balaban J connectivity index is 1.69. The molecule has 1 aliphatic carbocycles. The SMILES string of the molecule is CCOc1cc(F)c(CNC(=O)c2cc(C3CC3)nn2C)cc1Cl. The van der Waals surface area contributed by atoms with Crippen LogP contribution in [0.2, 0.25) is 5.02 Å². The Kier molecular flexibility index (Phi) is 4.76. The molecular weight excluding hydrogens is 333 g/mol. The van der Waals surface area contributed by atoms with Gasteiger partial charge in [-0.3, -0.25) is 9.48 Å². The van der Waals surface area contributed by atoms with Crippen molar-refractivity contribution in [3.8, 4) is 5.75 Å². The molecule has 24 heavy (non-hydrogen) atoms. The van der Waals surface area contributed by atoms with Crippen molar-refractivity contribution < 1.29 is 13.9 Å². The van der Waals surface area contributed by atoms with E-state index in [9.17, 15) is 9.18 Å². The fourth-order valence-electron chi connectivity index (χ4n) is 2.52. The van der Waals surface area contributed by atoms with Gasteiger partial charge in [-0.2, -0.15) is 5.10 Å². The number of nitrogens with zero attached hydrogens (tertiary/aromatic N) is 2. The molecule has 1 aliphatic rings. The molecule has 1 amide bonds. The number of aromatic nitrogens is 2. The van der Waals surface area contributed by atoms with E-state index in [-0.39, 0.29) is 12.5 Å². The molecule has 0 radical (unpaired) electrons. The zero-order valence-electron chi connectivity index (χ0n) is 13.6. The summed E-state index contributed by atoms with van der Waals surface area (Å²) < 4.78 is 20.9. The van der Waals surface area contributed by atoms with Gasteiger partial charge in [0.2, 0.25) is 0 Å². The summed E-state index contributed by atoms with van der Waals surface area (Å²) in [6.07, 6.45) is 2.24. The van der Waals surface area contributed by atoms with Gasteiger partial charge in [-0.05, 0) is 31.9 Å². The third-order valence-corrected chi connectivity index (χ3v) is 4.26. The van der Waals surface area contributed by atoms with E-state index < -0.39 is 5.82 Å². The number of benzene rings is 1. The Morgan fingerprint density at radius 1 is 1.46 bits per heavy atom. The lowest BCUT2D eigenvalue weighted by molar-refractivity contribution is 0.0941. The van der Waals surface area contributed by atoms with Gasteiger partial charge in [0.25, 0.3) is 5.91 Å². The Morgan fingerprint density at radius 2 is 2.21 bits per heavy atom. The van der Waals surface area contributed by atoms with E-state index in [0.717, 1.165) is 18.5 Å². The molecule has 1 aromatic carbocycles. The largest absolute Gasteiger partial charge is 0.492 e. The lowest BCUT2D eigenvalue weighted by atomic mass is 10.2. The number of aryl methyl sites for hydroxylation is 1. The predicted molar refractivity (Wildman–Crippen MR) is 88.9 cm³/mol. The van der Waals surface area contributed by atoms with Crippen molar-refractivity contribution in [1.82, 2.24) is 15.1 Å². The number of amides is 1. The number of ether oxygens (including phenoxy) is 1. The van der Waals surface area contributed by atoms with E-state index in [4.69, 9.17) is 16.3 Å². The fraction of sp³-hybridized carbons (Fsp3) is 0.412. The number of rotatable bonds is 6. The highest BCUT2D eigenvalue weighted by molar-refractivity contribution is 6.32. The van der Waals surface area contributed by atoms with Crippen LogP contribution in [0, 0.1) is 5.82 Å². The van der Waals surface area contributed by atoms with Gasteiger partial charge in [-0.25, -0.2) is 4.39 Å². The number of carbonyl (C=O) groups is 1. The van der Waals surface area contributed by atoms with Crippen molar-refractivity contribution in [2.24, 2.45) is 7.05 Å². The van der Waals surface area contributed by atoms with E-state index in [0.29, 0.717) is 34.6 Å². The second kappa shape index (κ2) is 6.81. The summed E-state index contributed by atoms with van der Waals surface area (Å²) in [5.74, 6) is 0.0145. The van der Waals surface area contributed by atoms with Gasteiger partial charge in [-0.15, -0.1) is 0 Å². The van der Waals surface area contributed by atoms with Gasteiger partial charge >= 0.3 is 0 Å². The molecule has 1 aromatic heterocycles. The minimum absolute atomic E-state index is 0.0424. The van der Waals surface area contributed by atoms with E-state index in [1.807, 2.05) is 0 Å². The predicted octanol–water partition coefficient (Wildman–Crippen LogP) is 3.42. The van der Waals surface area contributed by atoms with Gasteiger partial charge in [-0.1, -0.05) is 11.6 Å². The Labute approximate surface area is 144 Å². The summed E-state index contributed by atoms with van der Waals surface area (Å²) in [4.78, 5) is 12.3.